The second-order valence-electron chi connectivity index (χ2n) is 4.55. The molecule has 0 fully saturated rings. The van der Waals surface area contributed by atoms with Crippen LogP contribution >= 0.6 is 0 Å². The molecule has 2 rings (SSSR count). The van der Waals surface area contributed by atoms with Gasteiger partial charge in [-0.2, -0.15) is 0 Å². The summed E-state index contributed by atoms with van der Waals surface area (Å²) in [6.45, 7) is 4.74. The first-order valence-electron chi connectivity index (χ1n) is 7.46. The number of hydrogen-bond acceptors (Lipinski definition) is 4. The number of aliphatic imine (C=N–C) groups is 1. The smallest absolute Gasteiger partial charge is 0.191 e. The third kappa shape index (κ3) is 5.87. The maximum Gasteiger partial charge on any atom is 0.191 e. The molecule has 0 atom stereocenters. The highest BCUT2D eigenvalue weighted by Crippen LogP contribution is 2.05. The molecule has 2 aromatic rings. The van der Waals surface area contributed by atoms with E-state index in [2.05, 4.69) is 20.6 Å². The van der Waals surface area contributed by atoms with Gasteiger partial charge in [-0.05, 0) is 31.2 Å². The molecular weight excluding hydrogens is 280 g/mol. The fourth-order valence-corrected chi connectivity index (χ4v) is 1.85. The quantitative estimate of drug-likeness (QED) is 0.442. The normalized spacial score (nSPS) is 11.2. The van der Waals surface area contributed by atoms with Gasteiger partial charge in [0, 0.05) is 25.7 Å². The Morgan fingerprint density at radius 3 is 3.00 bits per heavy atom. The van der Waals surface area contributed by atoms with Crippen molar-refractivity contribution >= 4 is 5.96 Å². The summed E-state index contributed by atoms with van der Waals surface area (Å²) in [4.78, 5) is 8.50. The van der Waals surface area contributed by atoms with Crippen molar-refractivity contribution in [2.24, 2.45) is 4.99 Å². The lowest BCUT2D eigenvalue weighted by atomic mass is 10.3. The van der Waals surface area contributed by atoms with E-state index < -0.39 is 0 Å². The van der Waals surface area contributed by atoms with Crippen molar-refractivity contribution in [1.82, 2.24) is 15.6 Å². The molecule has 0 aliphatic heterocycles. The van der Waals surface area contributed by atoms with E-state index in [0.717, 1.165) is 30.4 Å². The molecule has 22 heavy (non-hydrogen) atoms. The van der Waals surface area contributed by atoms with Crippen molar-refractivity contribution in [2.45, 2.75) is 13.3 Å². The molecule has 0 aromatic carbocycles. The summed E-state index contributed by atoms with van der Waals surface area (Å²) in [7, 11) is 0. The number of ether oxygens (including phenoxy) is 1. The monoisotopic (exact) mass is 302 g/mol. The van der Waals surface area contributed by atoms with Crippen LogP contribution in [-0.4, -0.2) is 37.2 Å². The molecule has 6 heteroatoms. The average Bonchev–Trinajstić information content (AvgIpc) is 3.06. The summed E-state index contributed by atoms with van der Waals surface area (Å²) in [6.07, 6.45) is 5.89. The van der Waals surface area contributed by atoms with Gasteiger partial charge < -0.3 is 19.8 Å². The molecule has 0 saturated heterocycles. The van der Waals surface area contributed by atoms with Gasteiger partial charge in [0.2, 0.25) is 0 Å². The predicted molar refractivity (Wildman–Crippen MR) is 86.1 cm³/mol. The maximum atomic E-state index is 5.58. The zero-order valence-electron chi connectivity index (χ0n) is 12.8. The van der Waals surface area contributed by atoms with Crippen LogP contribution in [0.5, 0.6) is 5.75 Å². The molecule has 0 bridgehead atoms. The van der Waals surface area contributed by atoms with Crippen LogP contribution in [-0.2, 0) is 6.42 Å². The molecule has 0 aliphatic carbocycles. The van der Waals surface area contributed by atoms with Crippen LogP contribution in [0, 0.1) is 0 Å². The van der Waals surface area contributed by atoms with Crippen LogP contribution in [0.2, 0.25) is 0 Å². The summed E-state index contributed by atoms with van der Waals surface area (Å²) in [5, 5.41) is 6.44. The van der Waals surface area contributed by atoms with Gasteiger partial charge in [0.05, 0.1) is 19.0 Å². The molecule has 2 N–H and O–H groups in total. The van der Waals surface area contributed by atoms with E-state index in [1.807, 2.05) is 31.2 Å². The first-order valence-corrected chi connectivity index (χ1v) is 7.46. The van der Waals surface area contributed by atoms with Crippen molar-refractivity contribution < 1.29 is 9.15 Å². The number of rotatable bonds is 8. The Hall–Kier alpha value is -2.50. The highest BCUT2D eigenvalue weighted by molar-refractivity contribution is 5.79. The van der Waals surface area contributed by atoms with Gasteiger partial charge >= 0.3 is 0 Å². The Bertz CT molecular complexity index is 541. The molecule has 0 saturated carbocycles. The largest absolute Gasteiger partial charge is 0.490 e. The van der Waals surface area contributed by atoms with Crippen LogP contribution in [0.1, 0.15) is 12.7 Å². The van der Waals surface area contributed by atoms with Gasteiger partial charge in [-0.1, -0.05) is 0 Å². The zero-order chi connectivity index (χ0) is 15.5. The van der Waals surface area contributed by atoms with E-state index in [1.165, 1.54) is 0 Å². The van der Waals surface area contributed by atoms with Crippen LogP contribution in [0.4, 0.5) is 0 Å². The number of guanidine groups is 1. The molecular formula is C16H22N4O2. The van der Waals surface area contributed by atoms with E-state index >= 15 is 0 Å². The fourth-order valence-electron chi connectivity index (χ4n) is 1.85. The van der Waals surface area contributed by atoms with E-state index in [4.69, 9.17) is 9.15 Å². The highest BCUT2D eigenvalue weighted by Gasteiger charge is 1.99. The number of aromatic nitrogens is 1. The van der Waals surface area contributed by atoms with E-state index in [-0.39, 0.29) is 0 Å². The standard InChI is InChI=1S/C16H22N4O2/c1-2-18-16(19-9-7-14-6-4-11-21-14)20-10-12-22-15-5-3-8-17-13-15/h3-6,8,11,13H,2,7,9-10,12H2,1H3,(H2,18,19,20). The van der Waals surface area contributed by atoms with Crippen molar-refractivity contribution in [1.29, 1.82) is 0 Å². The van der Waals surface area contributed by atoms with E-state index in [9.17, 15) is 0 Å². The molecule has 2 heterocycles. The zero-order valence-corrected chi connectivity index (χ0v) is 12.8. The van der Waals surface area contributed by atoms with Crippen molar-refractivity contribution in [3.05, 3.63) is 48.7 Å². The lowest BCUT2D eigenvalue weighted by Gasteiger charge is -2.11. The molecule has 2 aromatic heterocycles. The summed E-state index contributed by atoms with van der Waals surface area (Å²) >= 11 is 0. The Morgan fingerprint density at radius 1 is 1.32 bits per heavy atom. The minimum absolute atomic E-state index is 0.550. The van der Waals surface area contributed by atoms with E-state index in [0.29, 0.717) is 19.7 Å². The topological polar surface area (TPSA) is 71.7 Å². The molecule has 6 nitrogen and oxygen atoms in total. The first kappa shape index (κ1) is 15.9. The predicted octanol–water partition coefficient (Wildman–Crippen LogP) is 1.85. The fraction of sp³-hybridized carbons (Fsp3) is 0.375. The lowest BCUT2D eigenvalue weighted by molar-refractivity contribution is 0.320. The van der Waals surface area contributed by atoms with Crippen LogP contribution in [0.15, 0.2) is 52.3 Å². The Morgan fingerprint density at radius 2 is 2.27 bits per heavy atom. The SMILES string of the molecule is CCNC(=NCCc1ccco1)NCCOc1cccnc1. The molecule has 0 radical (unpaired) electrons. The van der Waals surface area contributed by atoms with Gasteiger partial charge in [0.25, 0.3) is 0 Å². The number of furan rings is 1. The van der Waals surface area contributed by atoms with Gasteiger partial charge in [-0.3, -0.25) is 9.98 Å². The number of nitrogens with one attached hydrogen (secondary N) is 2. The van der Waals surface area contributed by atoms with Gasteiger partial charge in [-0.15, -0.1) is 0 Å². The summed E-state index contributed by atoms with van der Waals surface area (Å²) in [5.41, 5.74) is 0. The van der Waals surface area contributed by atoms with Crippen LogP contribution in [0.25, 0.3) is 0 Å². The van der Waals surface area contributed by atoms with Gasteiger partial charge in [0.1, 0.15) is 18.1 Å². The number of pyridine rings is 1. The van der Waals surface area contributed by atoms with Crippen molar-refractivity contribution in [3.63, 3.8) is 0 Å². The number of hydrogen-bond donors (Lipinski definition) is 2. The molecule has 0 aliphatic rings. The van der Waals surface area contributed by atoms with Crippen molar-refractivity contribution in [3.8, 4) is 5.75 Å². The molecule has 0 spiro atoms. The Labute approximate surface area is 130 Å². The lowest BCUT2D eigenvalue weighted by Crippen LogP contribution is -2.39. The first-order chi connectivity index (χ1) is 10.9. The minimum Gasteiger partial charge on any atom is -0.490 e. The molecule has 118 valence electrons. The van der Waals surface area contributed by atoms with Crippen molar-refractivity contribution in [2.75, 3.05) is 26.2 Å². The number of nitrogens with zero attached hydrogens (tertiary/aromatic N) is 2. The highest BCUT2D eigenvalue weighted by atomic mass is 16.5. The van der Waals surface area contributed by atoms with Gasteiger partial charge in [-0.25, -0.2) is 0 Å². The van der Waals surface area contributed by atoms with Crippen LogP contribution < -0.4 is 15.4 Å². The Kier molecular flexibility index (Phi) is 6.81. The second-order valence-corrected chi connectivity index (χ2v) is 4.55. The summed E-state index contributed by atoms with van der Waals surface area (Å²) in [5.74, 6) is 2.49. The molecule has 0 amide bonds. The van der Waals surface area contributed by atoms with Gasteiger partial charge in [0.15, 0.2) is 5.96 Å². The molecule has 0 unspecified atom stereocenters. The summed E-state index contributed by atoms with van der Waals surface area (Å²) in [6, 6.07) is 7.58. The average molecular weight is 302 g/mol. The minimum atomic E-state index is 0.550. The maximum absolute atomic E-state index is 5.58. The second kappa shape index (κ2) is 9.44. The summed E-state index contributed by atoms with van der Waals surface area (Å²) < 4.78 is 10.9. The third-order valence-electron chi connectivity index (χ3n) is 2.85. The van der Waals surface area contributed by atoms with Crippen LogP contribution in [0.3, 0.4) is 0 Å². The Balaban J connectivity index is 1.69. The van der Waals surface area contributed by atoms with E-state index in [1.54, 1.807) is 18.7 Å². The third-order valence-corrected chi connectivity index (χ3v) is 2.85.